The highest BCUT2D eigenvalue weighted by Crippen LogP contribution is 2.38. The topological polar surface area (TPSA) is 83.8 Å². The van der Waals surface area contributed by atoms with Crippen molar-refractivity contribution in [2.75, 3.05) is 5.32 Å². The van der Waals surface area contributed by atoms with Crippen LogP contribution in [0.15, 0.2) is 30.3 Å². The smallest absolute Gasteiger partial charge is 0.369 e. The lowest BCUT2D eigenvalue weighted by Crippen LogP contribution is -2.20. The van der Waals surface area contributed by atoms with Crippen LogP contribution in [0.25, 0.3) is 0 Å². The molecule has 1 aromatic carbocycles. The predicted octanol–water partition coefficient (Wildman–Crippen LogP) is 3.54. The van der Waals surface area contributed by atoms with Gasteiger partial charge < -0.3 is 11.1 Å². The van der Waals surface area contributed by atoms with Gasteiger partial charge in [0.2, 0.25) is 5.91 Å². The number of primary amides is 1. The number of benzene rings is 1. The maximum Gasteiger partial charge on any atom is 0.416 e. The zero-order chi connectivity index (χ0) is 17.3. The summed E-state index contributed by atoms with van der Waals surface area (Å²) in [5, 5.41) is 9.83. The van der Waals surface area contributed by atoms with Gasteiger partial charge in [-0.05, 0) is 37.5 Å². The number of nitrogens with two attached hydrogens (primary N) is 1. The normalized spacial score (nSPS) is 21.0. The lowest BCUT2D eigenvalue weighted by Gasteiger charge is -2.09. The fourth-order valence-corrected chi connectivity index (χ4v) is 3.05. The molecule has 1 amide bonds. The van der Waals surface area contributed by atoms with Gasteiger partial charge >= 0.3 is 6.18 Å². The van der Waals surface area contributed by atoms with Crippen LogP contribution in [0.3, 0.4) is 0 Å². The molecule has 8 heteroatoms. The van der Waals surface area contributed by atoms with Crippen molar-refractivity contribution >= 4 is 17.4 Å². The van der Waals surface area contributed by atoms with E-state index in [-0.39, 0.29) is 17.7 Å². The first kappa shape index (κ1) is 16.4. The first-order chi connectivity index (χ1) is 11.3. The molecular weight excluding hydrogens is 321 g/mol. The number of nitrogens with zero attached hydrogens (tertiary/aromatic N) is 1. The van der Waals surface area contributed by atoms with E-state index in [4.69, 9.17) is 5.73 Å². The predicted molar refractivity (Wildman–Crippen MR) is 82.6 cm³/mol. The molecule has 0 aliphatic heterocycles. The summed E-state index contributed by atoms with van der Waals surface area (Å²) in [5.41, 5.74) is 5.77. The Hall–Kier alpha value is -2.51. The number of halogens is 3. The summed E-state index contributed by atoms with van der Waals surface area (Å²) < 4.78 is 38.2. The average Bonchev–Trinajstić information content (AvgIpc) is 3.15. The SMILES string of the molecule is NC(=O)C1CCC(c2cc(Nc3cccc(C(F)(F)F)c3)n[nH]2)C1. The van der Waals surface area contributed by atoms with E-state index in [0.29, 0.717) is 17.9 Å². The Balaban J connectivity index is 1.70. The summed E-state index contributed by atoms with van der Waals surface area (Å²) in [5.74, 6) is 0.177. The fourth-order valence-electron chi connectivity index (χ4n) is 3.05. The molecule has 1 aromatic heterocycles. The Morgan fingerprint density at radius 3 is 2.75 bits per heavy atom. The summed E-state index contributed by atoms with van der Waals surface area (Å²) in [4.78, 5) is 11.2. The molecule has 5 nitrogen and oxygen atoms in total. The van der Waals surface area contributed by atoms with Crippen LogP contribution in [0.2, 0.25) is 0 Å². The Bertz CT molecular complexity index is 741. The summed E-state index contributed by atoms with van der Waals surface area (Å²) in [7, 11) is 0. The van der Waals surface area contributed by atoms with E-state index in [1.54, 1.807) is 12.1 Å². The summed E-state index contributed by atoms with van der Waals surface area (Å²) >= 11 is 0. The molecule has 0 spiro atoms. The third-order valence-corrected chi connectivity index (χ3v) is 4.33. The van der Waals surface area contributed by atoms with Crippen LogP contribution in [0.4, 0.5) is 24.7 Å². The quantitative estimate of drug-likeness (QED) is 0.797. The van der Waals surface area contributed by atoms with Crippen LogP contribution in [0.1, 0.15) is 36.4 Å². The van der Waals surface area contributed by atoms with Crippen LogP contribution in [-0.4, -0.2) is 16.1 Å². The first-order valence-electron chi connectivity index (χ1n) is 7.62. The number of nitrogens with one attached hydrogen (secondary N) is 2. The molecule has 24 heavy (non-hydrogen) atoms. The van der Waals surface area contributed by atoms with Crippen LogP contribution in [0.5, 0.6) is 0 Å². The van der Waals surface area contributed by atoms with Crippen molar-refractivity contribution in [2.24, 2.45) is 11.7 Å². The number of amides is 1. The standard InChI is InChI=1S/C16H17F3N4O/c17-16(18,19)11-2-1-3-12(7-11)21-14-8-13(22-23-14)9-4-5-10(6-9)15(20)24/h1-3,7-10H,4-6H2,(H2,20,24)(H2,21,22,23). The molecular formula is C16H17F3N4O. The third kappa shape index (κ3) is 3.52. The molecule has 2 aromatic rings. The molecule has 1 saturated carbocycles. The zero-order valence-electron chi connectivity index (χ0n) is 12.7. The summed E-state index contributed by atoms with van der Waals surface area (Å²) in [6, 6.07) is 6.69. The molecule has 0 radical (unpaired) electrons. The molecule has 1 heterocycles. The fraction of sp³-hybridized carbons (Fsp3) is 0.375. The Kier molecular flexibility index (Phi) is 4.21. The number of carbonyl (C=O) groups excluding carboxylic acids is 1. The number of rotatable bonds is 4. The number of hydrogen-bond donors (Lipinski definition) is 3. The Labute approximate surface area is 136 Å². The van der Waals surface area contributed by atoms with Crippen molar-refractivity contribution in [1.82, 2.24) is 10.2 Å². The molecule has 4 N–H and O–H groups in total. The van der Waals surface area contributed by atoms with E-state index in [1.807, 2.05) is 0 Å². The first-order valence-corrected chi connectivity index (χ1v) is 7.62. The number of aromatic nitrogens is 2. The monoisotopic (exact) mass is 338 g/mol. The van der Waals surface area contributed by atoms with Crippen molar-refractivity contribution in [3.63, 3.8) is 0 Å². The minimum Gasteiger partial charge on any atom is -0.369 e. The van der Waals surface area contributed by atoms with Crippen LogP contribution >= 0.6 is 0 Å². The second-order valence-electron chi connectivity index (χ2n) is 6.02. The number of hydrogen-bond acceptors (Lipinski definition) is 3. The van der Waals surface area contributed by atoms with Crippen LogP contribution in [-0.2, 0) is 11.0 Å². The van der Waals surface area contributed by atoms with E-state index < -0.39 is 11.7 Å². The van der Waals surface area contributed by atoms with E-state index in [2.05, 4.69) is 15.5 Å². The van der Waals surface area contributed by atoms with E-state index in [9.17, 15) is 18.0 Å². The highest BCUT2D eigenvalue weighted by Gasteiger charge is 2.31. The lowest BCUT2D eigenvalue weighted by atomic mass is 10.0. The molecule has 1 fully saturated rings. The van der Waals surface area contributed by atoms with E-state index in [0.717, 1.165) is 30.7 Å². The molecule has 2 unspecified atom stereocenters. The maximum absolute atomic E-state index is 12.7. The summed E-state index contributed by atoms with van der Waals surface area (Å²) in [6.45, 7) is 0. The van der Waals surface area contributed by atoms with Gasteiger partial charge in [0.1, 0.15) is 0 Å². The van der Waals surface area contributed by atoms with Crippen molar-refractivity contribution in [3.05, 3.63) is 41.6 Å². The van der Waals surface area contributed by atoms with Crippen molar-refractivity contribution in [1.29, 1.82) is 0 Å². The molecule has 3 rings (SSSR count). The Morgan fingerprint density at radius 2 is 2.08 bits per heavy atom. The minimum absolute atomic E-state index is 0.127. The van der Waals surface area contributed by atoms with Gasteiger partial charge in [-0.15, -0.1) is 0 Å². The second kappa shape index (κ2) is 6.18. The summed E-state index contributed by atoms with van der Waals surface area (Å²) in [6.07, 6.45) is -2.14. The molecule has 0 bridgehead atoms. The second-order valence-corrected chi connectivity index (χ2v) is 6.02. The number of aromatic amines is 1. The van der Waals surface area contributed by atoms with Gasteiger partial charge in [0, 0.05) is 29.3 Å². The molecule has 1 aliphatic rings. The lowest BCUT2D eigenvalue weighted by molar-refractivity contribution is -0.137. The minimum atomic E-state index is -4.39. The molecule has 128 valence electrons. The Morgan fingerprint density at radius 1 is 1.29 bits per heavy atom. The number of alkyl halides is 3. The van der Waals surface area contributed by atoms with Crippen molar-refractivity contribution in [3.8, 4) is 0 Å². The number of carbonyl (C=O) groups is 1. The van der Waals surface area contributed by atoms with E-state index >= 15 is 0 Å². The van der Waals surface area contributed by atoms with Crippen LogP contribution < -0.4 is 11.1 Å². The third-order valence-electron chi connectivity index (χ3n) is 4.33. The highest BCUT2D eigenvalue weighted by molar-refractivity contribution is 5.77. The van der Waals surface area contributed by atoms with Gasteiger partial charge in [0.05, 0.1) is 5.56 Å². The average molecular weight is 338 g/mol. The zero-order valence-corrected chi connectivity index (χ0v) is 12.7. The molecule has 1 aliphatic carbocycles. The number of H-pyrrole nitrogens is 1. The van der Waals surface area contributed by atoms with Gasteiger partial charge in [-0.25, -0.2) is 0 Å². The largest absolute Gasteiger partial charge is 0.416 e. The van der Waals surface area contributed by atoms with Crippen LogP contribution in [0, 0.1) is 5.92 Å². The van der Waals surface area contributed by atoms with Crippen molar-refractivity contribution in [2.45, 2.75) is 31.4 Å². The molecule has 0 saturated heterocycles. The molecule has 2 atom stereocenters. The maximum atomic E-state index is 12.7. The van der Waals surface area contributed by atoms with Gasteiger partial charge in [0.25, 0.3) is 0 Å². The van der Waals surface area contributed by atoms with Gasteiger partial charge in [0.15, 0.2) is 5.82 Å². The van der Waals surface area contributed by atoms with Gasteiger partial charge in [-0.3, -0.25) is 9.89 Å². The number of anilines is 2. The highest BCUT2D eigenvalue weighted by atomic mass is 19.4. The van der Waals surface area contributed by atoms with Crippen molar-refractivity contribution < 1.29 is 18.0 Å². The van der Waals surface area contributed by atoms with Gasteiger partial charge in [-0.2, -0.15) is 18.3 Å². The van der Waals surface area contributed by atoms with E-state index in [1.165, 1.54) is 6.07 Å². The van der Waals surface area contributed by atoms with Gasteiger partial charge in [-0.1, -0.05) is 6.07 Å².